The molecular formula is C20H17ClN2O2S2. The van der Waals surface area contributed by atoms with Crippen molar-refractivity contribution in [1.29, 1.82) is 0 Å². The zero-order valence-electron chi connectivity index (χ0n) is 14.6. The first-order chi connectivity index (χ1) is 13.0. The number of thiocarbonyl (C=S) groups is 1. The summed E-state index contributed by atoms with van der Waals surface area (Å²) in [6, 6.07) is 14.8. The molecule has 138 valence electrons. The summed E-state index contributed by atoms with van der Waals surface area (Å²) in [6.45, 7) is 2.17. The van der Waals surface area contributed by atoms with E-state index in [1.807, 2.05) is 49.4 Å². The number of hydrogen-bond acceptors (Lipinski definition) is 4. The third-order valence-corrected chi connectivity index (χ3v) is 5.77. The van der Waals surface area contributed by atoms with E-state index in [0.717, 1.165) is 16.8 Å². The van der Waals surface area contributed by atoms with Gasteiger partial charge in [-0.2, -0.15) is 0 Å². The number of para-hydroxylation sites is 1. The van der Waals surface area contributed by atoms with E-state index in [9.17, 15) is 9.59 Å². The van der Waals surface area contributed by atoms with Crippen LogP contribution in [-0.2, 0) is 9.59 Å². The van der Waals surface area contributed by atoms with Crippen molar-refractivity contribution in [2.75, 3.05) is 11.9 Å². The van der Waals surface area contributed by atoms with Crippen LogP contribution in [0.4, 0.5) is 5.69 Å². The second-order valence-electron chi connectivity index (χ2n) is 5.97. The molecule has 0 bridgehead atoms. The van der Waals surface area contributed by atoms with Crippen molar-refractivity contribution in [2.24, 2.45) is 0 Å². The maximum absolute atomic E-state index is 12.6. The second-order valence-corrected chi connectivity index (χ2v) is 8.05. The number of anilines is 1. The van der Waals surface area contributed by atoms with Crippen LogP contribution in [0.1, 0.15) is 17.5 Å². The zero-order chi connectivity index (χ0) is 19.4. The van der Waals surface area contributed by atoms with E-state index in [0.29, 0.717) is 14.2 Å². The van der Waals surface area contributed by atoms with Crippen molar-refractivity contribution in [3.8, 4) is 0 Å². The number of hydrogen-bond donors (Lipinski definition) is 1. The van der Waals surface area contributed by atoms with Crippen LogP contribution in [0, 0.1) is 6.92 Å². The predicted octanol–water partition coefficient (Wildman–Crippen LogP) is 4.88. The fraction of sp³-hybridized carbons (Fsp3) is 0.150. The van der Waals surface area contributed by atoms with E-state index >= 15 is 0 Å². The summed E-state index contributed by atoms with van der Waals surface area (Å²) in [7, 11) is 0. The Morgan fingerprint density at radius 2 is 1.93 bits per heavy atom. The van der Waals surface area contributed by atoms with Crippen LogP contribution in [0.3, 0.4) is 0 Å². The first-order valence-corrected chi connectivity index (χ1v) is 9.91. The minimum atomic E-state index is -0.200. The minimum Gasteiger partial charge on any atom is -0.326 e. The SMILES string of the molecule is Cc1ccccc1NC(=O)CCN1C(=O)C(=Cc2ccccc2Cl)SC1=S. The lowest BCUT2D eigenvalue weighted by Crippen LogP contribution is -2.31. The van der Waals surface area contributed by atoms with Gasteiger partial charge in [-0.15, -0.1) is 0 Å². The third kappa shape index (κ3) is 4.77. The smallest absolute Gasteiger partial charge is 0.266 e. The number of carbonyl (C=O) groups excluding carboxylic acids is 2. The Hall–Kier alpha value is -2.15. The summed E-state index contributed by atoms with van der Waals surface area (Å²) in [6.07, 6.45) is 1.90. The molecule has 1 aliphatic heterocycles. The van der Waals surface area contributed by atoms with Crippen LogP contribution in [0.25, 0.3) is 6.08 Å². The largest absolute Gasteiger partial charge is 0.326 e. The van der Waals surface area contributed by atoms with Crippen LogP contribution in [0.15, 0.2) is 53.4 Å². The summed E-state index contributed by atoms with van der Waals surface area (Å²) in [4.78, 5) is 26.8. The van der Waals surface area contributed by atoms with Crippen LogP contribution in [-0.4, -0.2) is 27.6 Å². The van der Waals surface area contributed by atoms with Crippen LogP contribution < -0.4 is 5.32 Å². The molecule has 1 aliphatic rings. The number of halogens is 1. The highest BCUT2D eigenvalue weighted by molar-refractivity contribution is 8.26. The van der Waals surface area contributed by atoms with Gasteiger partial charge in [0.15, 0.2) is 0 Å². The number of carbonyl (C=O) groups is 2. The molecule has 0 spiro atoms. The topological polar surface area (TPSA) is 49.4 Å². The Morgan fingerprint density at radius 3 is 2.67 bits per heavy atom. The standard InChI is InChI=1S/C20H17ClN2O2S2/c1-13-6-2-5-9-16(13)22-18(24)10-11-23-19(25)17(27-20(23)26)12-14-7-3-4-8-15(14)21/h2-9,12H,10-11H2,1H3,(H,22,24). The Morgan fingerprint density at radius 1 is 1.22 bits per heavy atom. The quantitative estimate of drug-likeness (QED) is 0.557. The molecule has 0 aromatic heterocycles. The normalized spacial score (nSPS) is 15.5. The number of benzene rings is 2. The molecular weight excluding hydrogens is 400 g/mol. The van der Waals surface area contributed by atoms with E-state index < -0.39 is 0 Å². The van der Waals surface area contributed by atoms with Gasteiger partial charge in [0.25, 0.3) is 5.91 Å². The third-order valence-electron chi connectivity index (χ3n) is 4.05. The molecule has 1 saturated heterocycles. The maximum Gasteiger partial charge on any atom is 0.266 e. The van der Waals surface area contributed by atoms with E-state index in [1.165, 1.54) is 16.7 Å². The number of thioether (sulfide) groups is 1. The van der Waals surface area contributed by atoms with Crippen molar-refractivity contribution in [3.63, 3.8) is 0 Å². The van der Waals surface area contributed by atoms with Crippen molar-refractivity contribution in [2.45, 2.75) is 13.3 Å². The van der Waals surface area contributed by atoms with Gasteiger partial charge in [-0.05, 0) is 36.3 Å². The van der Waals surface area contributed by atoms with Crippen LogP contribution in [0.5, 0.6) is 0 Å². The van der Waals surface area contributed by atoms with Gasteiger partial charge < -0.3 is 5.32 Å². The molecule has 27 heavy (non-hydrogen) atoms. The molecule has 2 aromatic rings. The summed E-state index contributed by atoms with van der Waals surface area (Å²) >= 11 is 12.7. The lowest BCUT2D eigenvalue weighted by atomic mass is 10.2. The van der Waals surface area contributed by atoms with Gasteiger partial charge in [0, 0.05) is 23.7 Å². The molecule has 7 heteroatoms. The van der Waals surface area contributed by atoms with Crippen LogP contribution >= 0.6 is 35.6 Å². The van der Waals surface area contributed by atoms with Gasteiger partial charge in [-0.3, -0.25) is 14.5 Å². The Labute approximate surface area is 172 Å². The summed E-state index contributed by atoms with van der Waals surface area (Å²) in [5, 5.41) is 3.43. The zero-order valence-corrected chi connectivity index (χ0v) is 17.0. The molecule has 2 aromatic carbocycles. The minimum absolute atomic E-state index is 0.159. The molecule has 0 atom stereocenters. The molecule has 0 unspecified atom stereocenters. The summed E-state index contributed by atoms with van der Waals surface area (Å²) in [5.41, 5.74) is 2.52. The molecule has 1 fully saturated rings. The van der Waals surface area contributed by atoms with Gasteiger partial charge in [0.05, 0.1) is 4.91 Å². The average Bonchev–Trinajstić information content (AvgIpc) is 2.90. The van der Waals surface area contributed by atoms with E-state index in [-0.39, 0.29) is 24.8 Å². The molecule has 3 rings (SSSR count). The Kier molecular flexibility index (Phi) is 6.31. The van der Waals surface area contributed by atoms with Gasteiger partial charge >= 0.3 is 0 Å². The summed E-state index contributed by atoms with van der Waals surface area (Å²) in [5.74, 6) is -0.359. The highest BCUT2D eigenvalue weighted by atomic mass is 35.5. The second kappa shape index (κ2) is 8.69. The van der Waals surface area contributed by atoms with Gasteiger partial charge in [0.2, 0.25) is 5.91 Å². The van der Waals surface area contributed by atoms with Crippen molar-refractivity contribution < 1.29 is 9.59 Å². The number of amides is 2. The van der Waals surface area contributed by atoms with E-state index in [1.54, 1.807) is 12.1 Å². The first kappa shape index (κ1) is 19.6. The molecule has 0 aliphatic carbocycles. The molecule has 0 saturated carbocycles. The first-order valence-electron chi connectivity index (χ1n) is 8.31. The number of aryl methyl sites for hydroxylation is 1. The van der Waals surface area contributed by atoms with Crippen LogP contribution in [0.2, 0.25) is 5.02 Å². The molecule has 2 amide bonds. The Balaban J connectivity index is 1.63. The van der Waals surface area contributed by atoms with Gasteiger partial charge in [0.1, 0.15) is 4.32 Å². The number of nitrogens with one attached hydrogen (secondary N) is 1. The number of nitrogens with zero attached hydrogens (tertiary/aromatic N) is 1. The fourth-order valence-corrected chi connectivity index (χ4v) is 4.06. The molecule has 1 N–H and O–H groups in total. The number of rotatable bonds is 5. The van der Waals surface area contributed by atoms with Crippen molar-refractivity contribution >= 4 is 63.5 Å². The lowest BCUT2D eigenvalue weighted by molar-refractivity contribution is -0.122. The lowest BCUT2D eigenvalue weighted by Gasteiger charge is -2.14. The van der Waals surface area contributed by atoms with Gasteiger partial charge in [-0.25, -0.2) is 0 Å². The van der Waals surface area contributed by atoms with E-state index in [4.69, 9.17) is 23.8 Å². The maximum atomic E-state index is 12.6. The molecule has 4 nitrogen and oxygen atoms in total. The molecule has 0 radical (unpaired) electrons. The predicted molar refractivity (Wildman–Crippen MR) is 116 cm³/mol. The summed E-state index contributed by atoms with van der Waals surface area (Å²) < 4.78 is 0.446. The van der Waals surface area contributed by atoms with Crippen molar-refractivity contribution in [1.82, 2.24) is 4.90 Å². The monoisotopic (exact) mass is 416 g/mol. The van der Waals surface area contributed by atoms with Gasteiger partial charge in [-0.1, -0.05) is 72.0 Å². The highest BCUT2D eigenvalue weighted by Gasteiger charge is 2.32. The molecule has 1 heterocycles. The highest BCUT2D eigenvalue weighted by Crippen LogP contribution is 2.33. The Bertz CT molecular complexity index is 943. The fourth-order valence-electron chi connectivity index (χ4n) is 2.57. The van der Waals surface area contributed by atoms with Crippen molar-refractivity contribution in [3.05, 3.63) is 69.6 Å². The average molecular weight is 417 g/mol. The van der Waals surface area contributed by atoms with E-state index in [2.05, 4.69) is 5.32 Å².